The molecule has 0 unspecified atom stereocenters. The number of aromatic nitrogens is 1. The van der Waals surface area contributed by atoms with Gasteiger partial charge in [-0.05, 0) is 42.8 Å². The van der Waals surface area contributed by atoms with E-state index < -0.39 is 0 Å². The molecule has 23 heavy (non-hydrogen) atoms. The average molecular weight is 311 g/mol. The molecule has 1 N–H and O–H groups in total. The topological polar surface area (TPSA) is 84.2 Å². The van der Waals surface area contributed by atoms with E-state index in [0.29, 0.717) is 42.3 Å². The molecule has 0 spiro atoms. The lowest BCUT2D eigenvalue weighted by molar-refractivity contribution is 0.102. The highest BCUT2D eigenvalue weighted by molar-refractivity contribution is 6.04. The van der Waals surface area contributed by atoms with Gasteiger partial charge in [0.1, 0.15) is 5.75 Å². The van der Waals surface area contributed by atoms with Crippen LogP contribution in [0.15, 0.2) is 42.6 Å². The van der Waals surface area contributed by atoms with Crippen LogP contribution in [-0.2, 0) is 0 Å². The third-order valence-electron chi connectivity index (χ3n) is 3.05. The Balaban J connectivity index is 2.03. The van der Waals surface area contributed by atoms with Crippen LogP contribution < -0.4 is 14.8 Å². The van der Waals surface area contributed by atoms with E-state index in [4.69, 9.17) is 14.7 Å². The second-order valence-electron chi connectivity index (χ2n) is 4.64. The molecule has 6 nitrogen and oxygen atoms in total. The lowest BCUT2D eigenvalue weighted by Crippen LogP contribution is -2.14. The third kappa shape index (κ3) is 4.71. The minimum absolute atomic E-state index is 0.284. The van der Waals surface area contributed by atoms with Gasteiger partial charge < -0.3 is 14.8 Å². The summed E-state index contributed by atoms with van der Waals surface area (Å²) in [7, 11) is 1.57. The van der Waals surface area contributed by atoms with Crippen LogP contribution in [0.3, 0.4) is 0 Å². The molecule has 6 heteroatoms. The summed E-state index contributed by atoms with van der Waals surface area (Å²) in [4.78, 5) is 16.4. The molecule has 0 saturated heterocycles. The smallest absolute Gasteiger partial charge is 0.256 e. The first-order chi connectivity index (χ1) is 11.2. The first-order valence-electron chi connectivity index (χ1n) is 7.14. The molecular weight excluding hydrogens is 294 g/mol. The number of pyridine rings is 1. The zero-order valence-corrected chi connectivity index (χ0v) is 12.8. The number of rotatable bonds is 7. The Kier molecular flexibility index (Phi) is 5.95. The van der Waals surface area contributed by atoms with Crippen LogP contribution in [-0.4, -0.2) is 24.6 Å². The quantitative estimate of drug-likeness (QED) is 0.794. The largest absolute Gasteiger partial charge is 0.497 e. The fraction of sp³-hybridized carbons (Fsp3) is 0.235. The van der Waals surface area contributed by atoms with E-state index in [2.05, 4.69) is 16.4 Å². The number of unbranched alkanes of at least 4 members (excludes halogenated alkanes) is 1. The zero-order valence-electron chi connectivity index (χ0n) is 12.8. The summed E-state index contributed by atoms with van der Waals surface area (Å²) < 4.78 is 10.6. The predicted octanol–water partition coefficient (Wildman–Crippen LogP) is 3.03. The molecule has 0 bridgehead atoms. The highest BCUT2D eigenvalue weighted by Crippen LogP contribution is 2.22. The maximum absolute atomic E-state index is 12.3. The van der Waals surface area contributed by atoms with Crippen LogP contribution in [0.1, 0.15) is 23.2 Å². The van der Waals surface area contributed by atoms with E-state index >= 15 is 0 Å². The monoisotopic (exact) mass is 311 g/mol. The fourth-order valence-electron chi connectivity index (χ4n) is 1.86. The van der Waals surface area contributed by atoms with Gasteiger partial charge in [-0.1, -0.05) is 0 Å². The van der Waals surface area contributed by atoms with Crippen LogP contribution in [0, 0.1) is 11.3 Å². The van der Waals surface area contributed by atoms with E-state index in [1.165, 1.54) is 0 Å². The Hall–Kier alpha value is -3.07. The highest BCUT2D eigenvalue weighted by Gasteiger charge is 2.11. The number of carbonyl (C=O) groups is 1. The van der Waals surface area contributed by atoms with Crippen molar-refractivity contribution < 1.29 is 14.3 Å². The number of hydrogen-bond acceptors (Lipinski definition) is 5. The molecule has 0 fully saturated rings. The molecule has 1 aromatic heterocycles. The molecule has 0 aliphatic heterocycles. The number of amides is 1. The number of hydrogen-bond donors (Lipinski definition) is 1. The van der Waals surface area contributed by atoms with E-state index in [1.54, 1.807) is 49.7 Å². The van der Waals surface area contributed by atoms with Gasteiger partial charge in [-0.25, -0.2) is 4.98 Å². The summed E-state index contributed by atoms with van der Waals surface area (Å²) in [6, 6.07) is 12.3. The first-order valence-corrected chi connectivity index (χ1v) is 7.14. The van der Waals surface area contributed by atoms with Gasteiger partial charge in [0.25, 0.3) is 5.91 Å². The second kappa shape index (κ2) is 8.39. The van der Waals surface area contributed by atoms with Crippen molar-refractivity contribution >= 4 is 11.7 Å². The number of nitrogens with one attached hydrogen (secondary N) is 1. The summed E-state index contributed by atoms with van der Waals surface area (Å²) in [5.74, 6) is 1.23. The maximum Gasteiger partial charge on any atom is 0.256 e. The van der Waals surface area contributed by atoms with Crippen molar-refractivity contribution in [3.63, 3.8) is 0 Å². The van der Waals surface area contributed by atoms with Crippen molar-refractivity contribution in [3.05, 3.63) is 48.2 Å². The Labute approximate surface area is 134 Å². The SMILES string of the molecule is COc1ccc(C(=O)Nc2ncccc2OCCCC#N)cc1. The van der Waals surface area contributed by atoms with E-state index in [1.807, 2.05) is 0 Å². The van der Waals surface area contributed by atoms with Crippen LogP contribution in [0.2, 0.25) is 0 Å². The highest BCUT2D eigenvalue weighted by atomic mass is 16.5. The minimum Gasteiger partial charge on any atom is -0.497 e. The first kappa shape index (κ1) is 16.3. The van der Waals surface area contributed by atoms with Crippen molar-refractivity contribution in [2.24, 2.45) is 0 Å². The molecule has 1 aromatic carbocycles. The van der Waals surface area contributed by atoms with Gasteiger partial charge >= 0.3 is 0 Å². The van der Waals surface area contributed by atoms with E-state index in [9.17, 15) is 4.79 Å². The van der Waals surface area contributed by atoms with Gasteiger partial charge in [0.15, 0.2) is 11.6 Å². The minimum atomic E-state index is -0.284. The Morgan fingerprint density at radius 1 is 1.30 bits per heavy atom. The summed E-state index contributed by atoms with van der Waals surface area (Å²) >= 11 is 0. The normalized spacial score (nSPS) is 9.74. The summed E-state index contributed by atoms with van der Waals surface area (Å²) in [5, 5.41) is 11.2. The van der Waals surface area contributed by atoms with Gasteiger partial charge in [-0.15, -0.1) is 0 Å². The van der Waals surface area contributed by atoms with Crippen LogP contribution >= 0.6 is 0 Å². The van der Waals surface area contributed by atoms with Gasteiger partial charge in [0.05, 0.1) is 19.8 Å². The van der Waals surface area contributed by atoms with Crippen LogP contribution in [0.25, 0.3) is 0 Å². The van der Waals surface area contributed by atoms with Gasteiger partial charge in [-0.2, -0.15) is 5.26 Å². The van der Waals surface area contributed by atoms with Crippen molar-refractivity contribution in [2.45, 2.75) is 12.8 Å². The molecule has 0 radical (unpaired) electrons. The van der Waals surface area contributed by atoms with E-state index in [0.717, 1.165) is 0 Å². The van der Waals surface area contributed by atoms with Crippen molar-refractivity contribution in [3.8, 4) is 17.6 Å². The standard InChI is InChI=1S/C17H17N3O3/c1-22-14-8-6-13(7-9-14)17(21)20-16-15(5-4-11-19-16)23-12-3-2-10-18/h4-9,11H,2-3,12H2,1H3,(H,19,20,21). The molecule has 0 saturated carbocycles. The number of carbonyl (C=O) groups excluding carboxylic acids is 1. The summed E-state index contributed by atoms with van der Waals surface area (Å²) in [5.41, 5.74) is 0.492. The van der Waals surface area contributed by atoms with E-state index in [-0.39, 0.29) is 5.91 Å². The lowest BCUT2D eigenvalue weighted by atomic mass is 10.2. The number of benzene rings is 1. The molecule has 2 aromatic rings. The lowest BCUT2D eigenvalue weighted by Gasteiger charge is -2.11. The fourth-order valence-corrected chi connectivity index (χ4v) is 1.86. The molecule has 1 amide bonds. The summed E-state index contributed by atoms with van der Waals surface area (Å²) in [6.45, 7) is 0.394. The van der Waals surface area contributed by atoms with Crippen LogP contribution in [0.5, 0.6) is 11.5 Å². The molecule has 118 valence electrons. The molecule has 2 rings (SSSR count). The van der Waals surface area contributed by atoms with Gasteiger partial charge in [-0.3, -0.25) is 4.79 Å². The number of methoxy groups -OCH3 is 1. The number of nitriles is 1. The van der Waals surface area contributed by atoms with Crippen molar-refractivity contribution in [2.75, 3.05) is 19.0 Å². The number of anilines is 1. The average Bonchev–Trinajstić information content (AvgIpc) is 2.60. The Bertz CT molecular complexity index is 693. The maximum atomic E-state index is 12.3. The second-order valence-corrected chi connectivity index (χ2v) is 4.64. The van der Waals surface area contributed by atoms with Crippen LogP contribution in [0.4, 0.5) is 5.82 Å². The molecule has 0 atom stereocenters. The molecular formula is C17H17N3O3. The van der Waals surface area contributed by atoms with Crippen molar-refractivity contribution in [1.29, 1.82) is 5.26 Å². The Morgan fingerprint density at radius 3 is 2.78 bits per heavy atom. The molecule has 1 heterocycles. The van der Waals surface area contributed by atoms with Gasteiger partial charge in [0, 0.05) is 18.2 Å². The van der Waals surface area contributed by atoms with Gasteiger partial charge in [0.2, 0.25) is 0 Å². The number of nitrogens with zero attached hydrogens (tertiary/aromatic N) is 2. The Morgan fingerprint density at radius 2 is 2.09 bits per heavy atom. The zero-order chi connectivity index (χ0) is 16.5. The van der Waals surface area contributed by atoms with Crippen molar-refractivity contribution in [1.82, 2.24) is 4.98 Å². The number of ether oxygens (including phenoxy) is 2. The predicted molar refractivity (Wildman–Crippen MR) is 85.5 cm³/mol. The molecule has 0 aliphatic rings. The molecule has 0 aliphatic carbocycles. The third-order valence-corrected chi connectivity index (χ3v) is 3.05. The summed E-state index contributed by atoms with van der Waals surface area (Å²) in [6.07, 6.45) is 2.62.